The topological polar surface area (TPSA) is 44.4 Å². The zero-order chi connectivity index (χ0) is 15.1. The van der Waals surface area contributed by atoms with Gasteiger partial charge in [0.1, 0.15) is 0 Å². The van der Waals surface area contributed by atoms with E-state index in [1.807, 2.05) is 6.07 Å². The minimum absolute atomic E-state index is 0. The fourth-order valence-electron chi connectivity index (χ4n) is 2.91. The number of hydrogen-bond donors (Lipinski definition) is 2. The molecular formula is C17H28ClN3O. The van der Waals surface area contributed by atoms with E-state index in [9.17, 15) is 4.79 Å². The number of rotatable bonds is 6. The van der Waals surface area contributed by atoms with E-state index in [1.165, 1.54) is 18.4 Å². The number of carbonyl (C=O) groups excluding carboxylic acids is 1. The van der Waals surface area contributed by atoms with Gasteiger partial charge in [0.15, 0.2) is 0 Å². The van der Waals surface area contributed by atoms with Crippen LogP contribution >= 0.6 is 12.4 Å². The third-order valence-corrected chi connectivity index (χ3v) is 4.27. The smallest absolute Gasteiger partial charge is 0.234 e. The lowest BCUT2D eigenvalue weighted by Gasteiger charge is -2.37. The molecule has 124 valence electrons. The van der Waals surface area contributed by atoms with Crippen LogP contribution in [0.15, 0.2) is 30.3 Å². The standard InChI is InChI=1S/C17H27N3O.ClH/c1-14-8-10-20(11-9-14)16(12-19-17(21)13-18-2)15-6-4-3-5-7-15;/h3-7,14,16,18H,8-13H2,1-2H3,(H,19,21);1H. The normalized spacial score (nSPS) is 17.5. The maximum absolute atomic E-state index is 11.7. The van der Waals surface area contributed by atoms with Gasteiger partial charge in [0, 0.05) is 6.54 Å². The largest absolute Gasteiger partial charge is 0.353 e. The van der Waals surface area contributed by atoms with E-state index in [0.717, 1.165) is 19.0 Å². The van der Waals surface area contributed by atoms with Gasteiger partial charge in [0.2, 0.25) is 5.91 Å². The van der Waals surface area contributed by atoms with Gasteiger partial charge < -0.3 is 10.6 Å². The van der Waals surface area contributed by atoms with E-state index in [-0.39, 0.29) is 24.4 Å². The van der Waals surface area contributed by atoms with Gasteiger partial charge in [-0.05, 0) is 44.5 Å². The predicted molar refractivity (Wildman–Crippen MR) is 93.3 cm³/mol. The van der Waals surface area contributed by atoms with Gasteiger partial charge in [-0.15, -0.1) is 12.4 Å². The van der Waals surface area contributed by atoms with E-state index in [4.69, 9.17) is 0 Å². The van der Waals surface area contributed by atoms with E-state index in [1.54, 1.807) is 7.05 Å². The van der Waals surface area contributed by atoms with Crippen LogP contribution in [0.1, 0.15) is 31.4 Å². The Hall–Kier alpha value is -1.10. The molecule has 0 saturated carbocycles. The molecule has 0 aliphatic carbocycles. The summed E-state index contributed by atoms with van der Waals surface area (Å²) in [4.78, 5) is 14.2. The third kappa shape index (κ3) is 5.59. The molecule has 1 aliphatic heterocycles. The number of benzene rings is 1. The molecular weight excluding hydrogens is 298 g/mol. The van der Waals surface area contributed by atoms with E-state index >= 15 is 0 Å². The number of nitrogens with zero attached hydrogens (tertiary/aromatic N) is 1. The molecule has 1 fully saturated rings. The highest BCUT2D eigenvalue weighted by Gasteiger charge is 2.24. The molecule has 4 nitrogen and oxygen atoms in total. The Kier molecular flexibility index (Phi) is 8.46. The Morgan fingerprint density at radius 2 is 1.91 bits per heavy atom. The zero-order valence-electron chi connectivity index (χ0n) is 13.5. The second kappa shape index (κ2) is 9.82. The number of carbonyl (C=O) groups is 1. The van der Waals surface area contributed by atoms with Gasteiger partial charge >= 0.3 is 0 Å². The Morgan fingerprint density at radius 1 is 1.27 bits per heavy atom. The highest BCUT2D eigenvalue weighted by atomic mass is 35.5. The molecule has 0 aromatic heterocycles. The second-order valence-electron chi connectivity index (χ2n) is 5.98. The van der Waals surface area contributed by atoms with E-state index in [2.05, 4.69) is 46.7 Å². The van der Waals surface area contributed by atoms with Crippen LogP contribution in [0.3, 0.4) is 0 Å². The molecule has 1 aliphatic rings. The lowest BCUT2D eigenvalue weighted by Crippen LogP contribution is -2.43. The second-order valence-corrected chi connectivity index (χ2v) is 5.98. The SMILES string of the molecule is CNCC(=O)NCC(c1ccccc1)N1CCC(C)CC1.Cl. The first kappa shape index (κ1) is 18.9. The van der Waals surface area contributed by atoms with Crippen LogP contribution in [0.4, 0.5) is 0 Å². The highest BCUT2D eigenvalue weighted by Crippen LogP contribution is 2.26. The van der Waals surface area contributed by atoms with Gasteiger partial charge in [0.05, 0.1) is 12.6 Å². The first-order valence-electron chi connectivity index (χ1n) is 7.91. The number of hydrogen-bond acceptors (Lipinski definition) is 3. The first-order chi connectivity index (χ1) is 10.2. The van der Waals surface area contributed by atoms with Gasteiger partial charge in [-0.25, -0.2) is 0 Å². The lowest BCUT2D eigenvalue weighted by atomic mass is 9.95. The average Bonchev–Trinajstić information content (AvgIpc) is 2.50. The molecule has 2 rings (SSSR count). The van der Waals surface area contributed by atoms with Crippen molar-refractivity contribution in [1.29, 1.82) is 0 Å². The van der Waals surface area contributed by atoms with Crippen molar-refractivity contribution < 1.29 is 4.79 Å². The summed E-state index contributed by atoms with van der Waals surface area (Å²) in [6.45, 7) is 5.60. The molecule has 1 amide bonds. The lowest BCUT2D eigenvalue weighted by molar-refractivity contribution is -0.120. The maximum atomic E-state index is 11.7. The molecule has 2 N–H and O–H groups in total. The molecule has 1 unspecified atom stereocenters. The monoisotopic (exact) mass is 325 g/mol. The summed E-state index contributed by atoms with van der Waals surface area (Å²) in [6, 6.07) is 10.8. The minimum Gasteiger partial charge on any atom is -0.353 e. The Morgan fingerprint density at radius 3 is 2.50 bits per heavy atom. The molecule has 1 saturated heterocycles. The van der Waals surface area contributed by atoms with Crippen molar-refractivity contribution in [2.45, 2.75) is 25.8 Å². The molecule has 0 spiro atoms. The van der Waals surface area contributed by atoms with Gasteiger partial charge in [-0.1, -0.05) is 37.3 Å². The number of amides is 1. The minimum atomic E-state index is 0. The van der Waals surface area contributed by atoms with Crippen molar-refractivity contribution in [3.63, 3.8) is 0 Å². The fraction of sp³-hybridized carbons (Fsp3) is 0.588. The number of piperidine rings is 1. The van der Waals surface area contributed by atoms with Crippen molar-refractivity contribution in [2.75, 3.05) is 33.2 Å². The molecule has 0 bridgehead atoms. The number of halogens is 1. The summed E-state index contributed by atoms with van der Waals surface area (Å²) in [7, 11) is 1.79. The summed E-state index contributed by atoms with van der Waals surface area (Å²) in [5.74, 6) is 0.875. The fourth-order valence-corrected chi connectivity index (χ4v) is 2.91. The Bertz CT molecular complexity index is 433. The molecule has 22 heavy (non-hydrogen) atoms. The molecule has 5 heteroatoms. The quantitative estimate of drug-likeness (QED) is 0.843. The van der Waals surface area contributed by atoms with Crippen LogP contribution in [-0.2, 0) is 4.79 Å². The van der Waals surface area contributed by atoms with Crippen LogP contribution in [-0.4, -0.2) is 44.0 Å². The van der Waals surface area contributed by atoms with Crippen LogP contribution in [0.5, 0.6) is 0 Å². The van der Waals surface area contributed by atoms with Crippen molar-refractivity contribution >= 4 is 18.3 Å². The third-order valence-electron chi connectivity index (χ3n) is 4.27. The molecule has 0 radical (unpaired) electrons. The number of likely N-dealkylation sites (tertiary alicyclic amines) is 1. The van der Waals surface area contributed by atoms with Crippen LogP contribution in [0, 0.1) is 5.92 Å². The van der Waals surface area contributed by atoms with Crippen molar-refractivity contribution in [1.82, 2.24) is 15.5 Å². The molecule has 1 aromatic rings. The summed E-state index contributed by atoms with van der Waals surface area (Å²) >= 11 is 0. The highest BCUT2D eigenvalue weighted by molar-refractivity contribution is 5.85. The van der Waals surface area contributed by atoms with Crippen LogP contribution in [0.2, 0.25) is 0 Å². The number of nitrogens with one attached hydrogen (secondary N) is 2. The van der Waals surface area contributed by atoms with Gasteiger partial charge in [0.25, 0.3) is 0 Å². The van der Waals surface area contributed by atoms with Crippen molar-refractivity contribution in [2.24, 2.45) is 5.92 Å². The first-order valence-corrected chi connectivity index (χ1v) is 7.91. The Labute approximate surface area is 140 Å². The van der Waals surface area contributed by atoms with Crippen LogP contribution < -0.4 is 10.6 Å². The maximum Gasteiger partial charge on any atom is 0.234 e. The van der Waals surface area contributed by atoms with Gasteiger partial charge in [-0.3, -0.25) is 9.69 Å². The van der Waals surface area contributed by atoms with Crippen molar-refractivity contribution in [3.05, 3.63) is 35.9 Å². The predicted octanol–water partition coefficient (Wildman–Crippen LogP) is 2.22. The van der Waals surface area contributed by atoms with Gasteiger partial charge in [-0.2, -0.15) is 0 Å². The molecule has 1 aromatic carbocycles. The summed E-state index contributed by atoms with van der Waals surface area (Å²) < 4.78 is 0. The summed E-state index contributed by atoms with van der Waals surface area (Å²) in [6.07, 6.45) is 2.49. The van der Waals surface area contributed by atoms with Crippen LogP contribution in [0.25, 0.3) is 0 Å². The molecule has 1 atom stereocenters. The van der Waals surface area contributed by atoms with E-state index in [0.29, 0.717) is 13.1 Å². The van der Waals surface area contributed by atoms with Crippen molar-refractivity contribution in [3.8, 4) is 0 Å². The number of likely N-dealkylation sites (N-methyl/N-ethyl adjacent to an activating group) is 1. The summed E-state index contributed by atoms with van der Waals surface area (Å²) in [5, 5.41) is 5.94. The average molecular weight is 326 g/mol. The van der Waals surface area contributed by atoms with E-state index < -0.39 is 0 Å². The molecule has 1 heterocycles. The summed E-state index contributed by atoms with van der Waals surface area (Å²) in [5.41, 5.74) is 1.29. The zero-order valence-corrected chi connectivity index (χ0v) is 14.4. The Balaban J connectivity index is 0.00000242.